The molecule has 5 nitrogen and oxygen atoms in total. The van der Waals surface area contributed by atoms with Gasteiger partial charge in [0.25, 0.3) is 5.91 Å². The molecular weight excluding hydrogens is 384 g/mol. The first-order valence-electron chi connectivity index (χ1n) is 8.26. The van der Waals surface area contributed by atoms with Crippen LogP contribution in [0.25, 0.3) is 10.6 Å². The van der Waals surface area contributed by atoms with E-state index < -0.39 is 5.97 Å². The van der Waals surface area contributed by atoms with Gasteiger partial charge in [-0.3, -0.25) is 4.79 Å². The molecule has 0 spiro atoms. The van der Waals surface area contributed by atoms with Gasteiger partial charge in [0.2, 0.25) is 0 Å². The number of hydrogen-bond acceptors (Lipinski definition) is 5. The minimum atomic E-state index is -0.622. The first kappa shape index (κ1) is 19.1. The maximum Gasteiger partial charge on any atom is 0.358 e. The SMILES string of the molecule is C[C@H](NC(=O)COC(=O)c1csc(-c2ccccc2)n1)c1ccc(Cl)cc1. The van der Waals surface area contributed by atoms with Crippen molar-refractivity contribution < 1.29 is 14.3 Å². The van der Waals surface area contributed by atoms with Crippen LogP contribution in [0.4, 0.5) is 0 Å². The van der Waals surface area contributed by atoms with E-state index in [2.05, 4.69) is 10.3 Å². The molecular formula is C20H17ClN2O3S. The van der Waals surface area contributed by atoms with Crippen LogP contribution in [-0.4, -0.2) is 23.5 Å². The Morgan fingerprint density at radius 1 is 1.15 bits per heavy atom. The molecule has 1 N–H and O–H groups in total. The van der Waals surface area contributed by atoms with E-state index in [1.165, 1.54) is 11.3 Å². The Bertz CT molecular complexity index is 926. The van der Waals surface area contributed by atoms with E-state index >= 15 is 0 Å². The summed E-state index contributed by atoms with van der Waals surface area (Å²) in [5.74, 6) is -1.01. The Balaban J connectivity index is 1.52. The van der Waals surface area contributed by atoms with Crippen LogP contribution in [0.1, 0.15) is 29.0 Å². The molecule has 3 rings (SSSR count). The molecule has 0 saturated carbocycles. The second kappa shape index (κ2) is 8.79. The molecule has 0 radical (unpaired) electrons. The third-order valence-corrected chi connectivity index (χ3v) is 4.96. The first-order valence-corrected chi connectivity index (χ1v) is 9.51. The lowest BCUT2D eigenvalue weighted by Crippen LogP contribution is -2.31. The summed E-state index contributed by atoms with van der Waals surface area (Å²) in [4.78, 5) is 28.4. The molecule has 1 atom stereocenters. The number of ether oxygens (including phenoxy) is 1. The fourth-order valence-corrected chi connectivity index (χ4v) is 3.33. The Kier molecular flexibility index (Phi) is 6.21. The van der Waals surface area contributed by atoms with Gasteiger partial charge in [0.1, 0.15) is 5.01 Å². The van der Waals surface area contributed by atoms with Gasteiger partial charge in [-0.2, -0.15) is 0 Å². The van der Waals surface area contributed by atoms with Crippen molar-refractivity contribution in [3.63, 3.8) is 0 Å². The summed E-state index contributed by atoms with van der Waals surface area (Å²) in [6.45, 7) is 1.48. The highest BCUT2D eigenvalue weighted by molar-refractivity contribution is 7.13. The molecule has 138 valence electrons. The Labute approximate surface area is 166 Å². The van der Waals surface area contributed by atoms with Gasteiger partial charge in [-0.05, 0) is 24.6 Å². The van der Waals surface area contributed by atoms with E-state index in [1.54, 1.807) is 17.5 Å². The van der Waals surface area contributed by atoms with E-state index in [0.29, 0.717) is 5.02 Å². The largest absolute Gasteiger partial charge is 0.451 e. The lowest BCUT2D eigenvalue weighted by Gasteiger charge is -2.14. The highest BCUT2D eigenvalue weighted by Gasteiger charge is 2.16. The number of esters is 1. The molecule has 2 aromatic carbocycles. The molecule has 0 fully saturated rings. The summed E-state index contributed by atoms with van der Waals surface area (Å²) < 4.78 is 5.07. The summed E-state index contributed by atoms with van der Waals surface area (Å²) in [6.07, 6.45) is 0. The van der Waals surface area contributed by atoms with Crippen molar-refractivity contribution in [2.24, 2.45) is 0 Å². The van der Waals surface area contributed by atoms with Gasteiger partial charge in [0, 0.05) is 16.0 Å². The molecule has 0 aliphatic rings. The maximum absolute atomic E-state index is 12.1. The zero-order valence-electron chi connectivity index (χ0n) is 14.5. The van der Waals surface area contributed by atoms with Gasteiger partial charge in [-0.15, -0.1) is 11.3 Å². The van der Waals surface area contributed by atoms with E-state index in [1.807, 2.05) is 49.4 Å². The number of carbonyl (C=O) groups is 2. The summed E-state index contributed by atoms with van der Waals surface area (Å²) in [5, 5.41) is 5.75. The Morgan fingerprint density at radius 2 is 1.85 bits per heavy atom. The lowest BCUT2D eigenvalue weighted by molar-refractivity contribution is -0.124. The van der Waals surface area contributed by atoms with Crippen LogP contribution >= 0.6 is 22.9 Å². The smallest absolute Gasteiger partial charge is 0.358 e. The maximum atomic E-state index is 12.1. The van der Waals surface area contributed by atoms with Gasteiger partial charge in [-0.25, -0.2) is 9.78 Å². The third-order valence-electron chi connectivity index (χ3n) is 3.82. The van der Waals surface area contributed by atoms with Crippen molar-refractivity contribution in [3.8, 4) is 10.6 Å². The molecule has 27 heavy (non-hydrogen) atoms. The number of carbonyl (C=O) groups excluding carboxylic acids is 2. The van der Waals surface area contributed by atoms with Crippen LogP contribution in [-0.2, 0) is 9.53 Å². The summed E-state index contributed by atoms with van der Waals surface area (Å²) in [6, 6.07) is 16.5. The van der Waals surface area contributed by atoms with Crippen LogP contribution in [0.5, 0.6) is 0 Å². The van der Waals surface area contributed by atoms with Crippen LogP contribution in [0.3, 0.4) is 0 Å². The average molecular weight is 401 g/mol. The molecule has 0 saturated heterocycles. The fraction of sp³-hybridized carbons (Fsp3) is 0.150. The van der Waals surface area contributed by atoms with Crippen molar-refractivity contribution >= 4 is 34.8 Å². The van der Waals surface area contributed by atoms with Crippen molar-refractivity contribution in [2.45, 2.75) is 13.0 Å². The van der Waals surface area contributed by atoms with Crippen LogP contribution in [0.15, 0.2) is 60.0 Å². The van der Waals surface area contributed by atoms with Crippen molar-refractivity contribution in [2.75, 3.05) is 6.61 Å². The Morgan fingerprint density at radius 3 is 2.56 bits per heavy atom. The van der Waals surface area contributed by atoms with E-state index in [9.17, 15) is 9.59 Å². The molecule has 3 aromatic rings. The zero-order valence-corrected chi connectivity index (χ0v) is 16.1. The minimum absolute atomic E-state index is 0.192. The van der Waals surface area contributed by atoms with Gasteiger partial charge >= 0.3 is 5.97 Å². The standard InChI is InChI=1S/C20H17ClN2O3S/c1-13(14-7-9-16(21)10-8-14)22-18(24)11-26-20(25)17-12-27-19(23-17)15-5-3-2-4-6-15/h2-10,12-13H,11H2,1H3,(H,22,24)/t13-/m0/s1. The van der Waals surface area contributed by atoms with Crippen molar-refractivity contribution in [1.82, 2.24) is 10.3 Å². The van der Waals surface area contributed by atoms with Gasteiger partial charge in [0.05, 0.1) is 6.04 Å². The van der Waals surface area contributed by atoms with Crippen LogP contribution in [0.2, 0.25) is 5.02 Å². The summed E-state index contributed by atoms with van der Waals surface area (Å²) in [7, 11) is 0. The second-order valence-electron chi connectivity index (χ2n) is 5.82. The third kappa shape index (κ3) is 5.15. The molecule has 0 aliphatic heterocycles. The number of benzene rings is 2. The first-order chi connectivity index (χ1) is 13.0. The molecule has 0 unspecified atom stereocenters. The summed E-state index contributed by atoms with van der Waals surface area (Å²) in [5.41, 5.74) is 2.03. The minimum Gasteiger partial charge on any atom is -0.451 e. The fourth-order valence-electron chi connectivity index (χ4n) is 2.40. The number of thiazole rings is 1. The molecule has 0 aliphatic carbocycles. The normalized spacial score (nSPS) is 11.6. The van der Waals surface area contributed by atoms with Gasteiger partial charge < -0.3 is 10.1 Å². The van der Waals surface area contributed by atoms with Crippen molar-refractivity contribution in [1.29, 1.82) is 0 Å². The van der Waals surface area contributed by atoms with Gasteiger partial charge in [-0.1, -0.05) is 54.1 Å². The number of nitrogens with one attached hydrogen (secondary N) is 1. The number of amides is 1. The average Bonchev–Trinajstić information content (AvgIpc) is 3.17. The number of hydrogen-bond donors (Lipinski definition) is 1. The zero-order chi connectivity index (χ0) is 19.2. The molecule has 0 bridgehead atoms. The Hall–Kier alpha value is -2.70. The monoisotopic (exact) mass is 400 g/mol. The highest BCUT2D eigenvalue weighted by atomic mass is 35.5. The number of aromatic nitrogens is 1. The quantitative estimate of drug-likeness (QED) is 0.618. The van der Waals surface area contributed by atoms with Crippen molar-refractivity contribution in [3.05, 3.63) is 76.3 Å². The second-order valence-corrected chi connectivity index (χ2v) is 7.12. The van der Waals surface area contributed by atoms with E-state index in [0.717, 1.165) is 16.1 Å². The van der Waals surface area contributed by atoms with Crippen LogP contribution in [0, 0.1) is 0 Å². The number of halogens is 1. The number of rotatable bonds is 6. The molecule has 1 amide bonds. The predicted octanol–water partition coefficient (Wildman–Crippen LogP) is 4.50. The lowest BCUT2D eigenvalue weighted by atomic mass is 10.1. The highest BCUT2D eigenvalue weighted by Crippen LogP contribution is 2.23. The molecule has 7 heteroatoms. The molecule has 1 aromatic heterocycles. The summed E-state index contributed by atoms with van der Waals surface area (Å²) >= 11 is 7.21. The van der Waals surface area contributed by atoms with E-state index in [-0.39, 0.29) is 24.2 Å². The van der Waals surface area contributed by atoms with Gasteiger partial charge in [0.15, 0.2) is 12.3 Å². The van der Waals surface area contributed by atoms with Crippen LogP contribution < -0.4 is 5.32 Å². The predicted molar refractivity (Wildman–Crippen MR) is 106 cm³/mol. The number of nitrogens with zero attached hydrogens (tertiary/aromatic N) is 1. The van der Waals surface area contributed by atoms with E-state index in [4.69, 9.17) is 16.3 Å². The molecule has 1 heterocycles. The topological polar surface area (TPSA) is 68.3 Å².